The molecule has 1 saturated heterocycles. The summed E-state index contributed by atoms with van der Waals surface area (Å²) >= 11 is 6.04. The SMILES string of the molecule is Cc1nnc(-c2ccc(S(=O)(=O)N3CCN(c4cccc(Cl)c4)CC3)o2)o1. The van der Waals surface area contributed by atoms with Crippen LogP contribution in [0.2, 0.25) is 5.02 Å². The van der Waals surface area contributed by atoms with E-state index in [9.17, 15) is 8.42 Å². The van der Waals surface area contributed by atoms with Crippen LogP contribution in [0.3, 0.4) is 0 Å². The Kier molecular flexibility index (Phi) is 4.67. The van der Waals surface area contributed by atoms with Gasteiger partial charge in [-0.1, -0.05) is 17.7 Å². The molecule has 0 N–H and O–H groups in total. The number of aromatic nitrogens is 2. The lowest BCUT2D eigenvalue weighted by atomic mass is 10.2. The molecule has 0 spiro atoms. The molecule has 1 aromatic carbocycles. The van der Waals surface area contributed by atoms with E-state index in [0.717, 1.165) is 5.69 Å². The average Bonchev–Trinajstić information content (AvgIpc) is 3.31. The zero-order valence-corrected chi connectivity index (χ0v) is 16.1. The van der Waals surface area contributed by atoms with Crippen LogP contribution in [0.5, 0.6) is 0 Å². The van der Waals surface area contributed by atoms with Crippen molar-refractivity contribution in [2.45, 2.75) is 12.0 Å². The zero-order valence-electron chi connectivity index (χ0n) is 14.5. The number of hydrogen-bond donors (Lipinski definition) is 0. The van der Waals surface area contributed by atoms with Gasteiger partial charge in [-0.15, -0.1) is 10.2 Å². The minimum Gasteiger partial charge on any atom is -0.438 e. The second-order valence-corrected chi connectivity index (χ2v) is 8.42. The number of nitrogens with zero attached hydrogens (tertiary/aromatic N) is 4. The molecule has 0 atom stereocenters. The second kappa shape index (κ2) is 6.99. The summed E-state index contributed by atoms with van der Waals surface area (Å²) in [7, 11) is -3.73. The van der Waals surface area contributed by atoms with Gasteiger partial charge in [0.2, 0.25) is 11.0 Å². The van der Waals surface area contributed by atoms with Crippen LogP contribution in [-0.4, -0.2) is 49.1 Å². The molecule has 3 aromatic rings. The van der Waals surface area contributed by atoms with Gasteiger partial charge in [0, 0.05) is 43.8 Å². The Bertz CT molecular complexity index is 1050. The standard InChI is InChI=1S/C17H17ClN4O4S/c1-12-19-20-17(25-12)15-5-6-16(26-15)27(23,24)22-9-7-21(8-10-22)14-4-2-3-13(18)11-14/h2-6,11H,7-10H2,1H3. The van der Waals surface area contributed by atoms with E-state index in [-0.39, 0.29) is 16.7 Å². The summed E-state index contributed by atoms with van der Waals surface area (Å²) in [5.74, 6) is 0.759. The lowest BCUT2D eigenvalue weighted by molar-refractivity contribution is 0.361. The molecule has 1 aliphatic rings. The first-order valence-corrected chi connectivity index (χ1v) is 10.2. The normalized spacial score (nSPS) is 16.0. The Hall–Kier alpha value is -2.36. The molecular weight excluding hydrogens is 392 g/mol. The van der Waals surface area contributed by atoms with Crippen LogP contribution in [0.1, 0.15) is 5.89 Å². The van der Waals surface area contributed by atoms with E-state index >= 15 is 0 Å². The molecule has 0 aliphatic carbocycles. The van der Waals surface area contributed by atoms with Crippen LogP contribution >= 0.6 is 11.6 Å². The number of benzene rings is 1. The summed E-state index contributed by atoms with van der Waals surface area (Å²) in [6.45, 7) is 3.48. The first-order chi connectivity index (χ1) is 12.9. The van der Waals surface area contributed by atoms with Crippen molar-refractivity contribution in [2.24, 2.45) is 0 Å². The van der Waals surface area contributed by atoms with Gasteiger partial charge in [-0.05, 0) is 30.3 Å². The number of hydrogen-bond acceptors (Lipinski definition) is 7. The highest BCUT2D eigenvalue weighted by Gasteiger charge is 2.31. The summed E-state index contributed by atoms with van der Waals surface area (Å²) in [6, 6.07) is 10.4. The van der Waals surface area contributed by atoms with Crippen molar-refractivity contribution in [3.8, 4) is 11.7 Å². The van der Waals surface area contributed by atoms with Crippen LogP contribution in [0.15, 0.2) is 50.3 Å². The molecule has 0 amide bonds. The van der Waals surface area contributed by atoms with E-state index in [1.807, 2.05) is 24.3 Å². The molecule has 0 bridgehead atoms. The molecule has 142 valence electrons. The van der Waals surface area contributed by atoms with Gasteiger partial charge in [-0.3, -0.25) is 0 Å². The maximum atomic E-state index is 12.9. The van der Waals surface area contributed by atoms with Gasteiger partial charge in [-0.2, -0.15) is 4.31 Å². The molecule has 1 fully saturated rings. The highest BCUT2D eigenvalue weighted by Crippen LogP contribution is 2.27. The van der Waals surface area contributed by atoms with Crippen molar-refractivity contribution in [3.05, 3.63) is 47.3 Å². The molecule has 4 rings (SSSR count). The van der Waals surface area contributed by atoms with E-state index in [4.69, 9.17) is 20.4 Å². The second-order valence-electron chi connectivity index (χ2n) is 6.12. The fourth-order valence-electron chi connectivity index (χ4n) is 2.96. The predicted octanol–water partition coefficient (Wildman–Crippen LogP) is 2.80. The van der Waals surface area contributed by atoms with E-state index in [2.05, 4.69) is 15.1 Å². The molecule has 2 aromatic heterocycles. The van der Waals surface area contributed by atoms with Gasteiger partial charge in [0.05, 0.1) is 0 Å². The fraction of sp³-hybridized carbons (Fsp3) is 0.294. The molecule has 1 aliphatic heterocycles. The maximum absolute atomic E-state index is 12.9. The average molecular weight is 409 g/mol. The highest BCUT2D eigenvalue weighted by atomic mass is 35.5. The third kappa shape index (κ3) is 3.58. The highest BCUT2D eigenvalue weighted by molar-refractivity contribution is 7.89. The van der Waals surface area contributed by atoms with E-state index in [0.29, 0.717) is 37.1 Å². The molecule has 0 saturated carbocycles. The summed E-state index contributed by atoms with van der Waals surface area (Å²) in [5.41, 5.74) is 0.978. The van der Waals surface area contributed by atoms with Crippen molar-refractivity contribution in [3.63, 3.8) is 0 Å². The van der Waals surface area contributed by atoms with Gasteiger partial charge < -0.3 is 13.7 Å². The maximum Gasteiger partial charge on any atom is 0.283 e. The summed E-state index contributed by atoms with van der Waals surface area (Å²) in [5, 5.41) is 8.07. The van der Waals surface area contributed by atoms with E-state index < -0.39 is 10.0 Å². The monoisotopic (exact) mass is 408 g/mol. The van der Waals surface area contributed by atoms with Gasteiger partial charge in [-0.25, -0.2) is 8.42 Å². The van der Waals surface area contributed by atoms with Crippen molar-refractivity contribution in [1.29, 1.82) is 0 Å². The van der Waals surface area contributed by atoms with Crippen LogP contribution < -0.4 is 4.90 Å². The molecule has 27 heavy (non-hydrogen) atoms. The quantitative estimate of drug-likeness (QED) is 0.655. The Labute approximate surface area is 161 Å². The third-order valence-corrected chi connectivity index (χ3v) is 6.33. The smallest absolute Gasteiger partial charge is 0.283 e. The Morgan fingerprint density at radius 2 is 1.81 bits per heavy atom. The summed E-state index contributed by atoms with van der Waals surface area (Å²) in [6.07, 6.45) is 0. The van der Waals surface area contributed by atoms with Gasteiger partial charge in [0.1, 0.15) is 0 Å². The Morgan fingerprint density at radius 1 is 1.04 bits per heavy atom. The Balaban J connectivity index is 1.48. The van der Waals surface area contributed by atoms with Gasteiger partial charge in [0.25, 0.3) is 15.9 Å². The predicted molar refractivity (Wildman–Crippen MR) is 99.2 cm³/mol. The molecule has 8 nitrogen and oxygen atoms in total. The zero-order chi connectivity index (χ0) is 19.0. The molecule has 0 radical (unpaired) electrons. The van der Waals surface area contributed by atoms with Gasteiger partial charge in [0.15, 0.2) is 5.76 Å². The van der Waals surface area contributed by atoms with Crippen LogP contribution in [0.4, 0.5) is 5.69 Å². The lowest BCUT2D eigenvalue weighted by Crippen LogP contribution is -2.48. The van der Waals surface area contributed by atoms with Crippen LogP contribution in [-0.2, 0) is 10.0 Å². The van der Waals surface area contributed by atoms with Gasteiger partial charge >= 0.3 is 0 Å². The van der Waals surface area contributed by atoms with Crippen molar-refractivity contribution >= 4 is 27.3 Å². The number of anilines is 1. The topological polar surface area (TPSA) is 92.7 Å². The van der Waals surface area contributed by atoms with E-state index in [1.165, 1.54) is 16.4 Å². The first-order valence-electron chi connectivity index (χ1n) is 8.34. The number of rotatable bonds is 4. The fourth-order valence-corrected chi connectivity index (χ4v) is 4.47. The third-order valence-electron chi connectivity index (χ3n) is 4.32. The lowest BCUT2D eigenvalue weighted by Gasteiger charge is -2.34. The molecule has 10 heteroatoms. The first kappa shape index (κ1) is 18.0. The van der Waals surface area contributed by atoms with E-state index in [1.54, 1.807) is 6.92 Å². The number of sulfonamides is 1. The Morgan fingerprint density at radius 3 is 2.48 bits per heavy atom. The molecule has 3 heterocycles. The molecular formula is C17H17ClN4O4S. The minimum atomic E-state index is -3.73. The number of halogens is 1. The largest absolute Gasteiger partial charge is 0.438 e. The van der Waals surface area contributed by atoms with Crippen LogP contribution in [0.25, 0.3) is 11.7 Å². The number of furan rings is 1. The summed E-state index contributed by atoms with van der Waals surface area (Å²) in [4.78, 5) is 2.10. The van der Waals surface area contributed by atoms with Crippen LogP contribution in [0, 0.1) is 6.92 Å². The van der Waals surface area contributed by atoms with Crippen molar-refractivity contribution in [1.82, 2.24) is 14.5 Å². The van der Waals surface area contributed by atoms with Crippen molar-refractivity contribution in [2.75, 3.05) is 31.1 Å². The number of piperazine rings is 1. The number of aryl methyl sites for hydroxylation is 1. The minimum absolute atomic E-state index is 0.135. The molecule has 0 unspecified atom stereocenters. The van der Waals surface area contributed by atoms with Crippen molar-refractivity contribution < 1.29 is 17.3 Å². The summed E-state index contributed by atoms with van der Waals surface area (Å²) < 4.78 is 37.9.